The topological polar surface area (TPSA) is 123 Å². The maximum atomic E-state index is 11.4. The van der Waals surface area contributed by atoms with Crippen molar-refractivity contribution in [3.8, 4) is 39.2 Å². The van der Waals surface area contributed by atoms with Crippen LogP contribution < -0.4 is 0 Å². The van der Waals surface area contributed by atoms with Gasteiger partial charge in [0.25, 0.3) is 0 Å². The van der Waals surface area contributed by atoms with Gasteiger partial charge in [-0.05, 0) is 59.9 Å². The van der Waals surface area contributed by atoms with E-state index in [4.69, 9.17) is 9.40 Å². The highest BCUT2D eigenvalue weighted by Crippen LogP contribution is 2.39. The predicted molar refractivity (Wildman–Crippen MR) is 148 cm³/mol. The normalized spacial score (nSPS) is 12.9. The molecule has 0 unspecified atom stereocenters. The number of fused-ring (bicyclic) bond motifs is 2. The number of amides is 1. The number of carboxylic acid groups (broad SMARTS) is 1. The van der Waals surface area contributed by atoms with Crippen LogP contribution in [0.1, 0.15) is 32.8 Å². The quantitative estimate of drug-likeness (QED) is 0.276. The van der Waals surface area contributed by atoms with Crippen LogP contribution in [0.25, 0.3) is 44.3 Å². The first-order valence-electron chi connectivity index (χ1n) is 12.5. The second kappa shape index (κ2) is 9.66. The Labute approximate surface area is 228 Å². The molecule has 1 aliphatic heterocycles. The summed E-state index contributed by atoms with van der Waals surface area (Å²) in [5.74, 6) is 0.417. The Balaban J connectivity index is 1.41. The molecule has 0 aliphatic carbocycles. The van der Waals surface area contributed by atoms with E-state index in [1.807, 2.05) is 25.1 Å². The first-order valence-corrected chi connectivity index (χ1v) is 13.3. The van der Waals surface area contributed by atoms with Crippen molar-refractivity contribution >= 4 is 28.5 Å². The Hall–Kier alpha value is -4.52. The lowest BCUT2D eigenvalue weighted by molar-refractivity contribution is 0.140. The zero-order valence-corrected chi connectivity index (χ0v) is 22.2. The molecule has 3 heterocycles. The van der Waals surface area contributed by atoms with Crippen molar-refractivity contribution in [2.75, 3.05) is 6.54 Å². The monoisotopic (exact) mass is 536 g/mol. The van der Waals surface area contributed by atoms with Crippen LogP contribution in [0, 0.1) is 25.2 Å². The minimum absolute atomic E-state index is 0.184. The number of hydrogen-bond acceptors (Lipinski definition) is 7. The summed E-state index contributed by atoms with van der Waals surface area (Å²) in [5.41, 5.74) is 8.86. The van der Waals surface area contributed by atoms with Gasteiger partial charge in [0, 0.05) is 29.0 Å². The summed E-state index contributed by atoms with van der Waals surface area (Å²) in [6.45, 7) is 4.76. The van der Waals surface area contributed by atoms with Crippen molar-refractivity contribution in [1.29, 1.82) is 5.26 Å². The summed E-state index contributed by atoms with van der Waals surface area (Å²) < 4.78 is 6.07. The molecule has 0 atom stereocenters. The van der Waals surface area contributed by atoms with Gasteiger partial charge in [-0.3, -0.25) is 0 Å². The van der Waals surface area contributed by atoms with Gasteiger partial charge in [0.15, 0.2) is 5.58 Å². The SMILES string of the molecule is Cc1c(-c2nc3cc(CO)cc(C#N)c3o2)cccc1-c1cccc(-c2nc3c(s2)CN(C(=O)O)CC3)c1C. The van der Waals surface area contributed by atoms with Gasteiger partial charge < -0.3 is 19.5 Å². The molecule has 1 amide bonds. The van der Waals surface area contributed by atoms with Crippen molar-refractivity contribution < 1.29 is 19.4 Å². The van der Waals surface area contributed by atoms with E-state index in [2.05, 4.69) is 36.2 Å². The minimum atomic E-state index is -0.902. The molecule has 8 nitrogen and oxygen atoms in total. The van der Waals surface area contributed by atoms with Gasteiger partial charge in [-0.2, -0.15) is 5.26 Å². The van der Waals surface area contributed by atoms with Crippen molar-refractivity contribution in [2.45, 2.75) is 33.4 Å². The summed E-state index contributed by atoms with van der Waals surface area (Å²) in [4.78, 5) is 23.4. The van der Waals surface area contributed by atoms with Crippen LogP contribution in [0.2, 0.25) is 0 Å². The van der Waals surface area contributed by atoms with E-state index in [1.54, 1.807) is 23.5 Å². The fourth-order valence-electron chi connectivity index (χ4n) is 5.17. The maximum Gasteiger partial charge on any atom is 0.407 e. The lowest BCUT2D eigenvalue weighted by Gasteiger charge is -2.22. The number of aliphatic hydroxyl groups is 1. The Morgan fingerprint density at radius 1 is 1.08 bits per heavy atom. The van der Waals surface area contributed by atoms with Crippen LogP contribution in [0.15, 0.2) is 52.9 Å². The molecule has 0 saturated heterocycles. The molecule has 3 aromatic carbocycles. The van der Waals surface area contributed by atoms with E-state index in [1.165, 1.54) is 4.90 Å². The summed E-state index contributed by atoms with van der Waals surface area (Å²) in [5, 5.41) is 29.4. The Kier molecular flexibility index (Phi) is 6.14. The third-order valence-electron chi connectivity index (χ3n) is 7.27. The number of nitriles is 1. The summed E-state index contributed by atoms with van der Waals surface area (Å²) in [6.07, 6.45) is -0.281. The number of rotatable bonds is 4. The van der Waals surface area contributed by atoms with E-state index >= 15 is 0 Å². The molecule has 0 bridgehead atoms. The average molecular weight is 537 g/mol. The van der Waals surface area contributed by atoms with Crippen LogP contribution in [-0.4, -0.2) is 37.7 Å². The standard InChI is InChI=1S/C30H24N4O4S/c1-16-20(5-3-7-22(16)28-32-25-12-18(15-35)11-19(13-31)27(25)38-28)21-6-4-8-23(17(21)2)29-33-24-9-10-34(30(36)37)14-26(24)39-29/h3-8,11-12,35H,9-10,14-15H2,1-2H3,(H,36,37). The minimum Gasteiger partial charge on any atom is -0.465 e. The van der Waals surface area contributed by atoms with E-state index in [0.717, 1.165) is 49.0 Å². The highest BCUT2D eigenvalue weighted by Gasteiger charge is 2.25. The van der Waals surface area contributed by atoms with Crippen LogP contribution in [0.4, 0.5) is 4.79 Å². The molecule has 2 N–H and O–H groups in total. The highest BCUT2D eigenvalue weighted by atomic mass is 32.1. The second-order valence-corrected chi connectivity index (χ2v) is 10.7. The average Bonchev–Trinajstić information content (AvgIpc) is 3.56. The fraction of sp³-hybridized carbons (Fsp3) is 0.200. The fourth-order valence-corrected chi connectivity index (χ4v) is 6.38. The maximum absolute atomic E-state index is 11.4. The van der Waals surface area contributed by atoms with Crippen LogP contribution in [0.5, 0.6) is 0 Å². The van der Waals surface area contributed by atoms with Gasteiger partial charge in [0.05, 0.1) is 24.4 Å². The number of aromatic nitrogens is 2. The number of hydrogen-bond donors (Lipinski definition) is 2. The highest BCUT2D eigenvalue weighted by molar-refractivity contribution is 7.15. The Morgan fingerprint density at radius 3 is 2.46 bits per heavy atom. The third-order valence-corrected chi connectivity index (χ3v) is 8.39. The summed E-state index contributed by atoms with van der Waals surface area (Å²) in [7, 11) is 0. The van der Waals surface area contributed by atoms with Gasteiger partial charge >= 0.3 is 6.09 Å². The molecule has 0 saturated carbocycles. The number of thiazole rings is 1. The molecule has 2 aromatic heterocycles. The van der Waals surface area contributed by atoms with Crippen molar-refractivity contribution in [3.05, 3.63) is 81.4 Å². The largest absolute Gasteiger partial charge is 0.465 e. The number of carbonyl (C=O) groups is 1. The molecule has 5 aromatic rings. The second-order valence-electron chi connectivity index (χ2n) is 9.58. The molecule has 39 heavy (non-hydrogen) atoms. The molecule has 1 aliphatic rings. The number of benzene rings is 3. The molecular formula is C30H24N4O4S. The van der Waals surface area contributed by atoms with E-state index < -0.39 is 6.09 Å². The van der Waals surface area contributed by atoms with Gasteiger partial charge in [-0.1, -0.05) is 30.3 Å². The van der Waals surface area contributed by atoms with Gasteiger partial charge in [0.2, 0.25) is 5.89 Å². The van der Waals surface area contributed by atoms with Crippen molar-refractivity contribution in [3.63, 3.8) is 0 Å². The number of aliphatic hydroxyl groups excluding tert-OH is 1. The zero-order valence-electron chi connectivity index (χ0n) is 21.4. The third kappa shape index (κ3) is 4.24. The predicted octanol–water partition coefficient (Wildman–Crippen LogP) is 6.30. The summed E-state index contributed by atoms with van der Waals surface area (Å²) >= 11 is 1.56. The molecule has 194 valence electrons. The van der Waals surface area contributed by atoms with Gasteiger partial charge in [-0.25, -0.2) is 14.8 Å². The molecule has 0 radical (unpaired) electrons. The van der Waals surface area contributed by atoms with Gasteiger partial charge in [0.1, 0.15) is 16.6 Å². The first kappa shape index (κ1) is 24.8. The van der Waals surface area contributed by atoms with Crippen LogP contribution >= 0.6 is 11.3 Å². The van der Waals surface area contributed by atoms with Crippen LogP contribution in [0.3, 0.4) is 0 Å². The lowest BCUT2D eigenvalue weighted by atomic mass is 9.91. The number of nitrogens with zero attached hydrogens (tertiary/aromatic N) is 4. The summed E-state index contributed by atoms with van der Waals surface area (Å²) in [6, 6.07) is 17.6. The van der Waals surface area contributed by atoms with E-state index in [-0.39, 0.29) is 6.61 Å². The molecule has 6 rings (SSSR count). The van der Waals surface area contributed by atoms with Gasteiger partial charge in [-0.15, -0.1) is 11.3 Å². The zero-order chi connectivity index (χ0) is 27.3. The van der Waals surface area contributed by atoms with Crippen molar-refractivity contribution in [1.82, 2.24) is 14.9 Å². The number of oxazole rings is 1. The molecule has 0 spiro atoms. The van der Waals surface area contributed by atoms with E-state index in [0.29, 0.717) is 47.6 Å². The molecular weight excluding hydrogens is 512 g/mol. The molecule has 9 heteroatoms. The van der Waals surface area contributed by atoms with E-state index in [9.17, 15) is 20.3 Å². The first-order chi connectivity index (χ1) is 18.9. The van der Waals surface area contributed by atoms with Crippen molar-refractivity contribution in [2.24, 2.45) is 0 Å². The Bertz CT molecular complexity index is 1810. The van der Waals surface area contributed by atoms with Crippen LogP contribution in [-0.2, 0) is 19.6 Å². The lowest BCUT2D eigenvalue weighted by Crippen LogP contribution is -2.34. The Morgan fingerprint density at radius 2 is 1.77 bits per heavy atom. The smallest absolute Gasteiger partial charge is 0.407 e. The molecule has 0 fully saturated rings.